The van der Waals surface area contributed by atoms with E-state index in [2.05, 4.69) is 38.6 Å². The quantitative estimate of drug-likeness (QED) is 0.252. The highest BCUT2D eigenvalue weighted by molar-refractivity contribution is 6.29. The number of carbonyl (C=O) groups is 1. The van der Waals surface area contributed by atoms with Crippen LogP contribution in [0.15, 0.2) is 24.5 Å². The van der Waals surface area contributed by atoms with Gasteiger partial charge in [-0.3, -0.25) is 4.90 Å². The SMILES string of the molecule is CCc1ccc(CCCCN(CCC(Nc2cc(Cl)ncn2)C(=O)O)C2CC(F)(F)C2)nc1NC. The lowest BCUT2D eigenvalue weighted by molar-refractivity contribution is -0.139. The molecule has 11 heteroatoms. The molecule has 0 aromatic carbocycles. The third-order valence-electron chi connectivity index (χ3n) is 6.33. The largest absolute Gasteiger partial charge is 0.480 e. The maximum absolute atomic E-state index is 13.6. The second-order valence-electron chi connectivity index (χ2n) is 8.87. The summed E-state index contributed by atoms with van der Waals surface area (Å²) in [5.74, 6) is -2.48. The lowest BCUT2D eigenvalue weighted by Gasteiger charge is -2.43. The van der Waals surface area contributed by atoms with Crippen molar-refractivity contribution in [2.75, 3.05) is 30.8 Å². The average Bonchev–Trinajstić information content (AvgIpc) is 2.80. The molecular weight excluding hydrogens is 478 g/mol. The molecule has 1 aliphatic carbocycles. The third-order valence-corrected chi connectivity index (χ3v) is 6.53. The lowest BCUT2D eigenvalue weighted by Crippen LogP contribution is -2.52. The Balaban J connectivity index is 1.54. The molecule has 35 heavy (non-hydrogen) atoms. The van der Waals surface area contributed by atoms with Crippen LogP contribution in [-0.2, 0) is 17.6 Å². The van der Waals surface area contributed by atoms with Crippen molar-refractivity contribution < 1.29 is 18.7 Å². The van der Waals surface area contributed by atoms with Crippen LogP contribution in [-0.4, -0.2) is 69.1 Å². The minimum atomic E-state index is -2.64. The Hall–Kier alpha value is -2.59. The molecule has 3 rings (SSSR count). The van der Waals surface area contributed by atoms with Gasteiger partial charge in [0.2, 0.25) is 0 Å². The van der Waals surface area contributed by atoms with Crippen LogP contribution in [0.3, 0.4) is 0 Å². The highest BCUT2D eigenvalue weighted by Crippen LogP contribution is 2.40. The molecule has 2 heterocycles. The fraction of sp³-hybridized carbons (Fsp3) is 0.583. The van der Waals surface area contributed by atoms with Gasteiger partial charge < -0.3 is 15.7 Å². The van der Waals surface area contributed by atoms with Gasteiger partial charge in [0, 0.05) is 44.2 Å². The summed E-state index contributed by atoms with van der Waals surface area (Å²) in [4.78, 5) is 26.2. The number of nitrogens with zero attached hydrogens (tertiary/aromatic N) is 4. The molecule has 8 nitrogen and oxygen atoms in total. The highest BCUT2D eigenvalue weighted by Gasteiger charge is 2.47. The zero-order chi connectivity index (χ0) is 25.4. The number of hydrogen-bond acceptors (Lipinski definition) is 7. The number of nitrogens with one attached hydrogen (secondary N) is 2. The molecule has 0 aliphatic heterocycles. The number of alkyl halides is 2. The molecule has 0 amide bonds. The Morgan fingerprint density at radius 1 is 1.29 bits per heavy atom. The van der Waals surface area contributed by atoms with Crippen molar-refractivity contribution in [1.82, 2.24) is 19.9 Å². The van der Waals surface area contributed by atoms with E-state index < -0.39 is 17.9 Å². The van der Waals surface area contributed by atoms with Gasteiger partial charge in [0.25, 0.3) is 5.92 Å². The number of halogens is 3. The Kier molecular flexibility index (Phi) is 9.56. The molecule has 1 fully saturated rings. The van der Waals surface area contributed by atoms with Crippen LogP contribution in [0.2, 0.25) is 5.15 Å². The molecule has 192 valence electrons. The molecule has 1 aliphatic rings. The van der Waals surface area contributed by atoms with E-state index in [-0.39, 0.29) is 30.5 Å². The molecular formula is C24H33ClF2N6O2. The number of rotatable bonds is 14. The summed E-state index contributed by atoms with van der Waals surface area (Å²) in [7, 11) is 1.86. The molecule has 0 saturated heterocycles. The van der Waals surface area contributed by atoms with Crippen LogP contribution in [0.1, 0.15) is 50.3 Å². The molecule has 0 bridgehead atoms. The van der Waals surface area contributed by atoms with Gasteiger partial charge in [0.15, 0.2) is 0 Å². The van der Waals surface area contributed by atoms with Crippen molar-refractivity contribution in [1.29, 1.82) is 0 Å². The fourth-order valence-corrected chi connectivity index (χ4v) is 4.45. The fourth-order valence-electron chi connectivity index (χ4n) is 4.30. The van der Waals surface area contributed by atoms with Crippen molar-refractivity contribution in [2.45, 2.75) is 69.9 Å². The lowest BCUT2D eigenvalue weighted by atomic mass is 9.86. The number of carboxylic acids is 1. The Bertz CT molecular complexity index is 988. The van der Waals surface area contributed by atoms with Crippen LogP contribution in [0, 0.1) is 0 Å². The molecule has 0 radical (unpaired) electrons. The van der Waals surface area contributed by atoms with Crippen LogP contribution in [0.4, 0.5) is 20.4 Å². The summed E-state index contributed by atoms with van der Waals surface area (Å²) in [5, 5.41) is 15.8. The van der Waals surface area contributed by atoms with E-state index in [1.54, 1.807) is 0 Å². The second-order valence-corrected chi connectivity index (χ2v) is 9.26. The summed E-state index contributed by atoms with van der Waals surface area (Å²) >= 11 is 5.85. The predicted molar refractivity (Wildman–Crippen MR) is 132 cm³/mol. The number of aliphatic carboxylic acids is 1. The summed E-state index contributed by atoms with van der Waals surface area (Å²) < 4.78 is 27.1. The van der Waals surface area contributed by atoms with Crippen molar-refractivity contribution in [3.8, 4) is 0 Å². The van der Waals surface area contributed by atoms with Gasteiger partial charge in [-0.1, -0.05) is 24.6 Å². The summed E-state index contributed by atoms with van der Waals surface area (Å²) in [6.45, 7) is 3.10. The van der Waals surface area contributed by atoms with Crippen LogP contribution in [0.25, 0.3) is 0 Å². The number of hydrogen-bond donors (Lipinski definition) is 3. The number of unbranched alkanes of at least 4 members (excludes halogenated alkanes) is 1. The Morgan fingerprint density at radius 2 is 2.06 bits per heavy atom. The van der Waals surface area contributed by atoms with Crippen molar-refractivity contribution >= 4 is 29.2 Å². The molecule has 1 saturated carbocycles. The summed E-state index contributed by atoms with van der Waals surface area (Å²) in [5.41, 5.74) is 2.16. The van der Waals surface area contributed by atoms with Crippen molar-refractivity contribution in [3.05, 3.63) is 40.9 Å². The topological polar surface area (TPSA) is 103 Å². The maximum atomic E-state index is 13.6. The van der Waals surface area contributed by atoms with E-state index in [0.29, 0.717) is 18.9 Å². The van der Waals surface area contributed by atoms with E-state index >= 15 is 0 Å². The standard InChI is InChI=1S/C24H33ClF2N6O2/c1-3-16-7-8-17(31-22(16)28-2)6-4-5-10-33(18-13-24(26,27)14-18)11-9-19(23(34)35)32-21-12-20(25)29-15-30-21/h7-8,12,15,18-19H,3-6,9-11,13-14H2,1-2H3,(H,28,31)(H,34,35)(H,29,30,32). The third kappa shape index (κ3) is 7.96. The van der Waals surface area contributed by atoms with Gasteiger partial charge in [-0.15, -0.1) is 0 Å². The first-order valence-corrected chi connectivity index (χ1v) is 12.3. The van der Waals surface area contributed by atoms with Crippen molar-refractivity contribution in [2.24, 2.45) is 0 Å². The number of anilines is 2. The van der Waals surface area contributed by atoms with E-state index in [4.69, 9.17) is 11.6 Å². The van der Waals surface area contributed by atoms with E-state index in [1.807, 2.05) is 18.0 Å². The highest BCUT2D eigenvalue weighted by atomic mass is 35.5. The minimum absolute atomic E-state index is 0.189. The summed E-state index contributed by atoms with van der Waals surface area (Å²) in [6, 6.07) is 4.39. The van der Waals surface area contributed by atoms with E-state index in [9.17, 15) is 18.7 Å². The van der Waals surface area contributed by atoms with E-state index in [0.717, 1.165) is 37.2 Å². The minimum Gasteiger partial charge on any atom is -0.480 e. The molecule has 2 aromatic rings. The second kappa shape index (κ2) is 12.4. The Morgan fingerprint density at radius 3 is 2.69 bits per heavy atom. The number of pyridine rings is 1. The van der Waals surface area contributed by atoms with Gasteiger partial charge in [-0.05, 0) is 50.3 Å². The molecule has 3 N–H and O–H groups in total. The van der Waals surface area contributed by atoms with Gasteiger partial charge in [0.1, 0.15) is 29.2 Å². The monoisotopic (exact) mass is 510 g/mol. The van der Waals surface area contributed by atoms with Gasteiger partial charge in [-0.25, -0.2) is 28.5 Å². The van der Waals surface area contributed by atoms with Crippen LogP contribution >= 0.6 is 11.6 Å². The summed E-state index contributed by atoms with van der Waals surface area (Å²) in [6.07, 6.45) is 4.47. The van der Waals surface area contributed by atoms with Gasteiger partial charge in [-0.2, -0.15) is 0 Å². The first kappa shape index (κ1) is 27.0. The first-order valence-electron chi connectivity index (χ1n) is 12.0. The predicted octanol–water partition coefficient (Wildman–Crippen LogP) is 4.51. The van der Waals surface area contributed by atoms with E-state index in [1.165, 1.54) is 18.0 Å². The molecule has 1 unspecified atom stereocenters. The number of aryl methyl sites for hydroxylation is 2. The smallest absolute Gasteiger partial charge is 0.326 e. The van der Waals surface area contributed by atoms with Gasteiger partial charge in [0.05, 0.1) is 0 Å². The molecule has 0 spiro atoms. The zero-order valence-corrected chi connectivity index (χ0v) is 20.9. The average molecular weight is 511 g/mol. The van der Waals surface area contributed by atoms with Crippen LogP contribution < -0.4 is 10.6 Å². The maximum Gasteiger partial charge on any atom is 0.326 e. The number of carboxylic acid groups (broad SMARTS) is 1. The normalized spacial score (nSPS) is 16.1. The van der Waals surface area contributed by atoms with Gasteiger partial charge >= 0.3 is 5.97 Å². The first-order chi connectivity index (χ1) is 16.7. The molecule has 2 aromatic heterocycles. The van der Waals surface area contributed by atoms with Crippen molar-refractivity contribution in [3.63, 3.8) is 0 Å². The Labute approximate surface area is 209 Å². The molecule has 1 atom stereocenters. The number of aromatic nitrogens is 3. The zero-order valence-electron chi connectivity index (χ0n) is 20.1. The van der Waals surface area contributed by atoms with Crippen LogP contribution in [0.5, 0.6) is 0 Å².